The highest BCUT2D eigenvalue weighted by Gasteiger charge is 2.29. The fraction of sp³-hybridized carbons (Fsp3) is 0.833. The molecule has 5 heteroatoms. The highest BCUT2D eigenvalue weighted by molar-refractivity contribution is 5.87. The lowest BCUT2D eigenvalue weighted by Crippen LogP contribution is -2.46. The zero-order valence-corrected chi connectivity index (χ0v) is 10.7. The van der Waals surface area contributed by atoms with Crippen molar-refractivity contribution in [1.29, 1.82) is 0 Å². The van der Waals surface area contributed by atoms with E-state index >= 15 is 0 Å². The smallest absolute Gasteiger partial charge is 0.328 e. The second-order valence-electron chi connectivity index (χ2n) is 4.72. The van der Waals surface area contributed by atoms with E-state index in [0.29, 0.717) is 18.9 Å². The van der Waals surface area contributed by atoms with Crippen molar-refractivity contribution in [2.75, 3.05) is 13.7 Å². The first-order valence-corrected chi connectivity index (χ1v) is 6.04. The molecule has 1 N–H and O–H groups in total. The molecule has 0 bridgehead atoms. The molecule has 1 heterocycles. The minimum Gasteiger partial charge on any atom is -0.467 e. The molecule has 0 saturated carbocycles. The summed E-state index contributed by atoms with van der Waals surface area (Å²) in [4.78, 5) is 23.3. The summed E-state index contributed by atoms with van der Waals surface area (Å²) in [6, 6.07) is -0.573. The van der Waals surface area contributed by atoms with E-state index in [9.17, 15) is 9.59 Å². The molecule has 0 aromatic rings. The third-order valence-corrected chi connectivity index (χ3v) is 2.73. The first kappa shape index (κ1) is 14.0. The fourth-order valence-electron chi connectivity index (χ4n) is 1.88. The Morgan fingerprint density at radius 2 is 2.18 bits per heavy atom. The van der Waals surface area contributed by atoms with Gasteiger partial charge in [0.1, 0.15) is 12.1 Å². The van der Waals surface area contributed by atoms with Crippen LogP contribution in [0.3, 0.4) is 0 Å². The number of hydrogen-bond acceptors (Lipinski definition) is 4. The number of amides is 1. The maximum atomic E-state index is 11.8. The second-order valence-corrected chi connectivity index (χ2v) is 4.72. The van der Waals surface area contributed by atoms with E-state index in [4.69, 9.17) is 4.74 Å². The standard InChI is InChI=1S/C12H21NO4/c1-8(2)7-9(12(15)16-3)13-11(14)10-5-4-6-17-10/h8-10H,4-7H2,1-3H3,(H,13,14)/t9?,10-/m0/s1. The Labute approximate surface area is 102 Å². The highest BCUT2D eigenvalue weighted by Crippen LogP contribution is 2.13. The topological polar surface area (TPSA) is 64.6 Å². The Morgan fingerprint density at radius 1 is 1.47 bits per heavy atom. The van der Waals surface area contributed by atoms with E-state index < -0.39 is 18.1 Å². The lowest BCUT2D eigenvalue weighted by atomic mass is 10.0. The first-order valence-electron chi connectivity index (χ1n) is 6.04. The van der Waals surface area contributed by atoms with Crippen LogP contribution >= 0.6 is 0 Å². The normalized spacial score (nSPS) is 21.3. The van der Waals surface area contributed by atoms with Gasteiger partial charge >= 0.3 is 5.97 Å². The van der Waals surface area contributed by atoms with Gasteiger partial charge in [-0.15, -0.1) is 0 Å². The summed E-state index contributed by atoms with van der Waals surface area (Å²) in [7, 11) is 1.33. The Morgan fingerprint density at radius 3 is 2.65 bits per heavy atom. The summed E-state index contributed by atoms with van der Waals surface area (Å²) in [5, 5.41) is 2.70. The average molecular weight is 243 g/mol. The van der Waals surface area contributed by atoms with Gasteiger partial charge in [-0.2, -0.15) is 0 Å². The predicted octanol–water partition coefficient (Wildman–Crippen LogP) is 0.869. The largest absolute Gasteiger partial charge is 0.467 e. The molecule has 17 heavy (non-hydrogen) atoms. The van der Waals surface area contributed by atoms with Crippen LogP contribution in [0, 0.1) is 5.92 Å². The lowest BCUT2D eigenvalue weighted by molar-refractivity contribution is -0.146. The Kier molecular flexibility index (Phi) is 5.41. The molecular formula is C12H21NO4. The van der Waals surface area contributed by atoms with Gasteiger partial charge in [0.25, 0.3) is 0 Å². The molecule has 1 saturated heterocycles. The van der Waals surface area contributed by atoms with Gasteiger partial charge in [-0.25, -0.2) is 4.79 Å². The molecule has 1 fully saturated rings. The van der Waals surface area contributed by atoms with Crippen LogP contribution in [0.2, 0.25) is 0 Å². The van der Waals surface area contributed by atoms with Gasteiger partial charge in [-0.1, -0.05) is 13.8 Å². The van der Waals surface area contributed by atoms with Crippen molar-refractivity contribution in [2.45, 2.75) is 45.3 Å². The van der Waals surface area contributed by atoms with E-state index in [2.05, 4.69) is 10.1 Å². The van der Waals surface area contributed by atoms with Crippen LogP contribution in [0.4, 0.5) is 0 Å². The van der Waals surface area contributed by atoms with Crippen molar-refractivity contribution in [3.05, 3.63) is 0 Å². The van der Waals surface area contributed by atoms with Crippen LogP contribution in [0.5, 0.6) is 0 Å². The quantitative estimate of drug-likeness (QED) is 0.728. The van der Waals surface area contributed by atoms with Gasteiger partial charge < -0.3 is 14.8 Å². The predicted molar refractivity (Wildman–Crippen MR) is 62.4 cm³/mol. The molecule has 1 amide bonds. The lowest BCUT2D eigenvalue weighted by Gasteiger charge is -2.20. The van der Waals surface area contributed by atoms with Crippen molar-refractivity contribution >= 4 is 11.9 Å². The van der Waals surface area contributed by atoms with Crippen molar-refractivity contribution in [3.8, 4) is 0 Å². The van der Waals surface area contributed by atoms with Crippen molar-refractivity contribution < 1.29 is 19.1 Å². The van der Waals surface area contributed by atoms with Crippen LogP contribution in [0.15, 0.2) is 0 Å². The van der Waals surface area contributed by atoms with Crippen molar-refractivity contribution in [3.63, 3.8) is 0 Å². The molecular weight excluding hydrogens is 222 g/mol. The molecule has 5 nitrogen and oxygen atoms in total. The van der Waals surface area contributed by atoms with Crippen LogP contribution < -0.4 is 5.32 Å². The summed E-state index contributed by atoms with van der Waals surface area (Å²) in [6.07, 6.45) is 1.78. The average Bonchev–Trinajstić information content (AvgIpc) is 2.79. The minimum atomic E-state index is -0.573. The summed E-state index contributed by atoms with van der Waals surface area (Å²) in [6.45, 7) is 4.60. The van der Waals surface area contributed by atoms with Gasteiger partial charge in [0.2, 0.25) is 5.91 Å². The highest BCUT2D eigenvalue weighted by atomic mass is 16.5. The van der Waals surface area contributed by atoms with Gasteiger partial charge in [-0.05, 0) is 25.2 Å². The van der Waals surface area contributed by atoms with Gasteiger partial charge in [0.15, 0.2) is 0 Å². The molecule has 0 aromatic carbocycles. The van der Waals surface area contributed by atoms with Gasteiger partial charge in [0, 0.05) is 6.61 Å². The van der Waals surface area contributed by atoms with Crippen LogP contribution in [-0.2, 0) is 19.1 Å². The molecule has 0 aliphatic carbocycles. The molecule has 0 spiro atoms. The number of methoxy groups -OCH3 is 1. The maximum absolute atomic E-state index is 11.8. The number of nitrogens with one attached hydrogen (secondary N) is 1. The summed E-state index contributed by atoms with van der Waals surface area (Å²) in [5.41, 5.74) is 0. The molecule has 1 aliphatic heterocycles. The van der Waals surface area contributed by atoms with Crippen LogP contribution in [0.25, 0.3) is 0 Å². The molecule has 98 valence electrons. The number of hydrogen-bond donors (Lipinski definition) is 1. The monoisotopic (exact) mass is 243 g/mol. The number of esters is 1. The SMILES string of the molecule is COC(=O)C(CC(C)C)NC(=O)[C@@H]1CCCO1. The third kappa shape index (κ3) is 4.34. The number of rotatable bonds is 5. The number of carbonyl (C=O) groups is 2. The summed E-state index contributed by atoms with van der Waals surface area (Å²) >= 11 is 0. The van der Waals surface area contributed by atoms with E-state index in [1.807, 2.05) is 13.8 Å². The fourth-order valence-corrected chi connectivity index (χ4v) is 1.88. The molecule has 0 aromatic heterocycles. The molecule has 1 rings (SSSR count). The Balaban J connectivity index is 2.52. The summed E-state index contributed by atoms with van der Waals surface area (Å²) in [5.74, 6) is -0.299. The second kappa shape index (κ2) is 6.59. The van der Waals surface area contributed by atoms with Crippen LogP contribution in [-0.4, -0.2) is 37.7 Å². The first-order chi connectivity index (χ1) is 8.04. The van der Waals surface area contributed by atoms with Gasteiger partial charge in [0.05, 0.1) is 7.11 Å². The minimum absolute atomic E-state index is 0.210. The van der Waals surface area contributed by atoms with E-state index in [1.54, 1.807) is 0 Å². The molecule has 1 unspecified atom stereocenters. The Hall–Kier alpha value is -1.10. The van der Waals surface area contributed by atoms with E-state index in [1.165, 1.54) is 7.11 Å². The maximum Gasteiger partial charge on any atom is 0.328 e. The number of carbonyl (C=O) groups excluding carboxylic acids is 2. The Bertz CT molecular complexity index is 272. The van der Waals surface area contributed by atoms with Crippen LogP contribution in [0.1, 0.15) is 33.1 Å². The van der Waals surface area contributed by atoms with Gasteiger partial charge in [-0.3, -0.25) is 4.79 Å². The van der Waals surface area contributed by atoms with Crippen molar-refractivity contribution in [1.82, 2.24) is 5.32 Å². The molecule has 0 radical (unpaired) electrons. The zero-order chi connectivity index (χ0) is 12.8. The van der Waals surface area contributed by atoms with E-state index in [-0.39, 0.29) is 5.91 Å². The number of ether oxygens (including phenoxy) is 2. The van der Waals surface area contributed by atoms with E-state index in [0.717, 1.165) is 12.8 Å². The molecule has 1 aliphatic rings. The van der Waals surface area contributed by atoms with Crippen molar-refractivity contribution in [2.24, 2.45) is 5.92 Å². The molecule has 2 atom stereocenters. The summed E-state index contributed by atoms with van der Waals surface area (Å²) < 4.78 is 9.95. The third-order valence-electron chi connectivity index (χ3n) is 2.73. The zero-order valence-electron chi connectivity index (χ0n) is 10.7.